The Labute approximate surface area is 170 Å². The lowest BCUT2D eigenvalue weighted by Gasteiger charge is -2.28. The molecule has 0 aromatic heterocycles. The Morgan fingerprint density at radius 1 is 0.966 bits per heavy atom. The Hall–Kier alpha value is -1.85. The van der Waals surface area contributed by atoms with E-state index in [9.17, 15) is 13.2 Å². The molecule has 1 atom stereocenters. The van der Waals surface area contributed by atoms with Gasteiger partial charge < -0.3 is 0 Å². The molecule has 2 aliphatic rings. The molecule has 2 nitrogen and oxygen atoms in total. The van der Waals surface area contributed by atoms with E-state index < -0.39 is 12.4 Å². The molecule has 156 valence electrons. The molecule has 0 N–H and O–H groups in total. The highest BCUT2D eigenvalue weighted by Gasteiger charge is 2.43. The van der Waals surface area contributed by atoms with Crippen molar-refractivity contribution in [3.05, 3.63) is 59.4 Å². The molecule has 1 unspecified atom stereocenters. The van der Waals surface area contributed by atoms with Gasteiger partial charge >= 0.3 is 6.29 Å². The predicted octanol–water partition coefficient (Wildman–Crippen LogP) is 7.20. The highest BCUT2D eigenvalue weighted by atomic mass is 19.3. The van der Waals surface area contributed by atoms with Gasteiger partial charge in [0.05, 0.1) is 6.61 Å². The molecule has 4 rings (SSSR count). The molecule has 0 amide bonds. The average Bonchev–Trinajstić information content (AvgIpc) is 3.09. The van der Waals surface area contributed by atoms with Gasteiger partial charge in [0, 0.05) is 5.56 Å². The molecule has 1 saturated heterocycles. The second-order valence-corrected chi connectivity index (χ2v) is 8.25. The lowest BCUT2D eigenvalue weighted by Crippen LogP contribution is -2.15. The van der Waals surface area contributed by atoms with Crippen LogP contribution >= 0.6 is 0 Å². The first kappa shape index (κ1) is 20.4. The van der Waals surface area contributed by atoms with Crippen molar-refractivity contribution in [2.24, 2.45) is 5.92 Å². The first-order valence-corrected chi connectivity index (χ1v) is 10.5. The van der Waals surface area contributed by atoms with Gasteiger partial charge in [-0.05, 0) is 60.3 Å². The Bertz CT molecular complexity index is 827. The van der Waals surface area contributed by atoms with Crippen LogP contribution in [0.15, 0.2) is 42.5 Å². The molecule has 29 heavy (non-hydrogen) atoms. The molecule has 2 fully saturated rings. The first-order chi connectivity index (χ1) is 13.9. The minimum atomic E-state index is -3.54. The van der Waals surface area contributed by atoms with Crippen molar-refractivity contribution in [1.82, 2.24) is 0 Å². The van der Waals surface area contributed by atoms with Gasteiger partial charge in [-0.25, -0.2) is 4.39 Å². The Balaban J connectivity index is 1.44. The van der Waals surface area contributed by atoms with Crippen molar-refractivity contribution in [1.29, 1.82) is 0 Å². The van der Waals surface area contributed by atoms with Crippen molar-refractivity contribution < 1.29 is 22.6 Å². The minimum absolute atomic E-state index is 0.199. The maximum absolute atomic E-state index is 14.8. The van der Waals surface area contributed by atoms with E-state index in [1.807, 2.05) is 12.1 Å². The summed E-state index contributed by atoms with van der Waals surface area (Å²) in [5.74, 6) is 1.03. The summed E-state index contributed by atoms with van der Waals surface area (Å²) in [7, 11) is 0. The zero-order valence-electron chi connectivity index (χ0n) is 16.7. The predicted molar refractivity (Wildman–Crippen MR) is 106 cm³/mol. The van der Waals surface area contributed by atoms with Crippen LogP contribution in [0.4, 0.5) is 13.2 Å². The zero-order valence-corrected chi connectivity index (χ0v) is 16.7. The molecule has 1 heterocycles. The van der Waals surface area contributed by atoms with Crippen LogP contribution in [0, 0.1) is 11.7 Å². The topological polar surface area (TPSA) is 18.5 Å². The fraction of sp³-hybridized carbons (Fsp3) is 0.500. The van der Waals surface area contributed by atoms with Gasteiger partial charge in [0.1, 0.15) is 11.9 Å². The monoisotopic (exact) mass is 404 g/mol. The molecule has 5 heteroatoms. The van der Waals surface area contributed by atoms with Gasteiger partial charge in [0.15, 0.2) is 0 Å². The van der Waals surface area contributed by atoms with Gasteiger partial charge in [-0.15, -0.1) is 8.78 Å². The molecule has 2 aromatic rings. The Kier molecular flexibility index (Phi) is 5.98. The van der Waals surface area contributed by atoms with E-state index in [-0.39, 0.29) is 12.4 Å². The van der Waals surface area contributed by atoms with Crippen LogP contribution in [-0.4, -0.2) is 12.9 Å². The summed E-state index contributed by atoms with van der Waals surface area (Å²) < 4.78 is 49.8. The Morgan fingerprint density at radius 3 is 2.24 bits per heavy atom. The minimum Gasteiger partial charge on any atom is -0.293 e. The number of alkyl halides is 2. The van der Waals surface area contributed by atoms with Crippen LogP contribution in [0.3, 0.4) is 0 Å². The van der Waals surface area contributed by atoms with Gasteiger partial charge in [-0.3, -0.25) is 9.47 Å². The summed E-state index contributed by atoms with van der Waals surface area (Å²) in [4.78, 5) is 0. The van der Waals surface area contributed by atoms with Crippen molar-refractivity contribution in [3.8, 4) is 11.1 Å². The normalized spacial score (nSPS) is 26.6. The highest BCUT2D eigenvalue weighted by molar-refractivity contribution is 5.65. The fourth-order valence-corrected chi connectivity index (χ4v) is 4.66. The summed E-state index contributed by atoms with van der Waals surface area (Å²) >= 11 is 0. The molecule has 0 spiro atoms. The van der Waals surface area contributed by atoms with E-state index in [4.69, 9.17) is 0 Å². The van der Waals surface area contributed by atoms with Gasteiger partial charge in [0.2, 0.25) is 0 Å². The summed E-state index contributed by atoms with van der Waals surface area (Å²) in [6.07, 6.45) is 2.91. The van der Waals surface area contributed by atoms with Gasteiger partial charge in [-0.1, -0.05) is 56.2 Å². The molecule has 2 aromatic carbocycles. The third kappa shape index (κ3) is 4.67. The van der Waals surface area contributed by atoms with Crippen LogP contribution in [0.2, 0.25) is 0 Å². The first-order valence-electron chi connectivity index (χ1n) is 10.5. The van der Waals surface area contributed by atoms with E-state index in [1.165, 1.54) is 25.7 Å². The quantitative estimate of drug-likeness (QED) is 0.524. The number of rotatable bonds is 5. The average molecular weight is 404 g/mol. The largest absolute Gasteiger partial charge is 0.486 e. The standard InChI is InChI=1S/C24H27F3O2/c1-2-3-16-4-6-17(7-5-16)20-12-13-21(22(25)14-20)18-8-10-19(11-9-18)23-15-28-24(26,27)29-23/h8-14,16-17,23H,2-7,15H2,1H3. The van der Waals surface area contributed by atoms with E-state index in [2.05, 4.69) is 16.4 Å². The maximum Gasteiger partial charge on any atom is 0.486 e. The lowest BCUT2D eigenvalue weighted by molar-refractivity contribution is -0.347. The van der Waals surface area contributed by atoms with Crippen molar-refractivity contribution in [2.75, 3.05) is 6.61 Å². The van der Waals surface area contributed by atoms with Crippen LogP contribution in [-0.2, 0) is 9.47 Å². The number of benzene rings is 2. The number of hydrogen-bond donors (Lipinski definition) is 0. The molecule has 0 radical (unpaired) electrons. The smallest absolute Gasteiger partial charge is 0.293 e. The lowest BCUT2D eigenvalue weighted by atomic mass is 9.77. The second-order valence-electron chi connectivity index (χ2n) is 8.25. The molecule has 1 aliphatic carbocycles. The van der Waals surface area contributed by atoms with E-state index >= 15 is 0 Å². The van der Waals surface area contributed by atoms with Crippen LogP contribution < -0.4 is 0 Å². The molecule has 1 aliphatic heterocycles. The van der Waals surface area contributed by atoms with Gasteiger partial charge in [0.25, 0.3) is 0 Å². The highest BCUT2D eigenvalue weighted by Crippen LogP contribution is 2.39. The van der Waals surface area contributed by atoms with Crippen LogP contribution in [0.1, 0.15) is 68.6 Å². The van der Waals surface area contributed by atoms with E-state index in [0.717, 1.165) is 29.9 Å². The third-order valence-corrected chi connectivity index (χ3v) is 6.28. The summed E-state index contributed by atoms with van der Waals surface area (Å²) in [6, 6.07) is 12.4. The summed E-state index contributed by atoms with van der Waals surface area (Å²) in [5.41, 5.74) is 2.91. The van der Waals surface area contributed by atoms with E-state index in [0.29, 0.717) is 17.0 Å². The molecular formula is C24H27F3O2. The second kappa shape index (κ2) is 8.49. The maximum atomic E-state index is 14.8. The van der Waals surface area contributed by atoms with E-state index in [1.54, 1.807) is 30.3 Å². The van der Waals surface area contributed by atoms with Crippen molar-refractivity contribution in [2.45, 2.75) is 63.8 Å². The Morgan fingerprint density at radius 2 is 1.66 bits per heavy atom. The number of halogens is 3. The number of ether oxygens (including phenoxy) is 2. The summed E-state index contributed by atoms with van der Waals surface area (Å²) in [5, 5.41) is 0. The van der Waals surface area contributed by atoms with Crippen LogP contribution in [0.25, 0.3) is 11.1 Å². The molecular weight excluding hydrogens is 377 g/mol. The summed E-state index contributed by atoms with van der Waals surface area (Å²) in [6.45, 7) is 2.03. The van der Waals surface area contributed by atoms with Gasteiger partial charge in [-0.2, -0.15) is 0 Å². The zero-order chi connectivity index (χ0) is 20.4. The van der Waals surface area contributed by atoms with Crippen molar-refractivity contribution in [3.63, 3.8) is 0 Å². The van der Waals surface area contributed by atoms with Crippen LogP contribution in [0.5, 0.6) is 0 Å². The molecule has 1 saturated carbocycles. The fourth-order valence-electron chi connectivity index (χ4n) is 4.66. The SMILES string of the molecule is CCCC1CCC(c2ccc(-c3ccc(C4COC(F)(F)O4)cc3)c(F)c2)CC1. The third-order valence-electron chi connectivity index (χ3n) is 6.28. The van der Waals surface area contributed by atoms with Crippen molar-refractivity contribution >= 4 is 0 Å². The molecule has 0 bridgehead atoms. The number of hydrogen-bond acceptors (Lipinski definition) is 2.